The van der Waals surface area contributed by atoms with Crippen molar-refractivity contribution in [3.63, 3.8) is 0 Å². The topological polar surface area (TPSA) is 141 Å². The van der Waals surface area contributed by atoms with Crippen LogP contribution in [0.15, 0.2) is 47.7 Å². The number of guanidine groups is 1. The molecular formula is C21H20FN7O4S. The second-order valence-corrected chi connectivity index (χ2v) is 9.50. The lowest BCUT2D eigenvalue weighted by Gasteiger charge is -2.21. The van der Waals surface area contributed by atoms with Crippen molar-refractivity contribution in [1.29, 1.82) is 0 Å². The van der Waals surface area contributed by atoms with Crippen LogP contribution in [0.1, 0.15) is 11.1 Å². The van der Waals surface area contributed by atoms with Gasteiger partial charge in [0.1, 0.15) is 18.0 Å². The van der Waals surface area contributed by atoms with E-state index in [2.05, 4.69) is 20.7 Å². The van der Waals surface area contributed by atoms with Crippen LogP contribution in [0.4, 0.5) is 15.8 Å². The molecule has 0 saturated carbocycles. The van der Waals surface area contributed by atoms with Crippen LogP contribution in [0.3, 0.4) is 0 Å². The highest BCUT2D eigenvalue weighted by molar-refractivity contribution is 7.92. The van der Waals surface area contributed by atoms with Crippen LogP contribution in [0.2, 0.25) is 0 Å². The van der Waals surface area contributed by atoms with E-state index in [9.17, 15) is 22.7 Å². The molecule has 0 spiro atoms. The molecule has 0 radical (unpaired) electrons. The van der Waals surface area contributed by atoms with Gasteiger partial charge in [-0.15, -0.1) is 0 Å². The summed E-state index contributed by atoms with van der Waals surface area (Å²) >= 11 is 0. The van der Waals surface area contributed by atoms with E-state index in [4.69, 9.17) is 0 Å². The normalized spacial score (nSPS) is 16.5. The molecule has 2 aromatic carbocycles. The predicted octanol–water partition coefficient (Wildman–Crippen LogP) is 1.18. The summed E-state index contributed by atoms with van der Waals surface area (Å²) in [6, 6.07) is 8.32. The van der Waals surface area contributed by atoms with Crippen LogP contribution in [0.25, 0.3) is 11.1 Å². The lowest BCUT2D eigenvalue weighted by Crippen LogP contribution is -2.33. The summed E-state index contributed by atoms with van der Waals surface area (Å²) in [6.07, 6.45) is 3.70. The number of carbonyl (C=O) groups is 1. The van der Waals surface area contributed by atoms with Crippen molar-refractivity contribution in [2.45, 2.75) is 13.1 Å². The van der Waals surface area contributed by atoms with Crippen LogP contribution in [-0.4, -0.2) is 41.7 Å². The SMILES string of the molecule is Cn1cc(-c2ccc3c(c2)NC(NCc2cc(O)c(N4CC(=O)NS4(=O)=O)c(F)c2)=NC3)cn1. The molecule has 176 valence electrons. The summed E-state index contributed by atoms with van der Waals surface area (Å²) < 4.78 is 42.7. The van der Waals surface area contributed by atoms with Crippen LogP contribution in [-0.2, 0) is 35.1 Å². The molecule has 0 bridgehead atoms. The highest BCUT2D eigenvalue weighted by Gasteiger charge is 2.37. The third kappa shape index (κ3) is 4.01. The second-order valence-electron chi connectivity index (χ2n) is 7.90. The minimum atomic E-state index is -4.24. The quantitative estimate of drug-likeness (QED) is 0.435. The first kappa shape index (κ1) is 21.7. The van der Waals surface area contributed by atoms with E-state index in [1.165, 1.54) is 6.07 Å². The lowest BCUT2D eigenvalue weighted by molar-refractivity contribution is -0.117. The Morgan fingerprint density at radius 1 is 1.24 bits per heavy atom. The molecule has 3 aromatic rings. The van der Waals surface area contributed by atoms with Gasteiger partial charge >= 0.3 is 10.2 Å². The number of phenols is 1. The Kier molecular flexibility index (Phi) is 5.12. The average molecular weight is 486 g/mol. The summed E-state index contributed by atoms with van der Waals surface area (Å²) in [6.45, 7) is -0.0475. The number of nitrogens with one attached hydrogen (secondary N) is 3. The van der Waals surface area contributed by atoms with E-state index >= 15 is 0 Å². The minimum Gasteiger partial charge on any atom is -0.506 e. The number of aryl methyl sites for hydroxylation is 1. The first-order valence-electron chi connectivity index (χ1n) is 10.2. The molecule has 1 saturated heterocycles. The van der Waals surface area contributed by atoms with Gasteiger partial charge in [0.05, 0.1) is 12.7 Å². The van der Waals surface area contributed by atoms with Crippen LogP contribution < -0.4 is 19.7 Å². The molecule has 2 aliphatic heterocycles. The minimum absolute atomic E-state index is 0.109. The van der Waals surface area contributed by atoms with Gasteiger partial charge < -0.3 is 15.7 Å². The largest absolute Gasteiger partial charge is 0.506 e. The fourth-order valence-corrected chi connectivity index (χ4v) is 5.00. The zero-order valence-electron chi connectivity index (χ0n) is 17.9. The maximum absolute atomic E-state index is 14.7. The van der Waals surface area contributed by atoms with Gasteiger partial charge in [-0.2, -0.15) is 13.5 Å². The number of amides is 1. The number of aromatic nitrogens is 2. The number of rotatable bonds is 4. The summed E-state index contributed by atoms with van der Waals surface area (Å²) in [7, 11) is -2.39. The van der Waals surface area contributed by atoms with E-state index in [1.54, 1.807) is 15.6 Å². The molecule has 0 aliphatic carbocycles. The first-order chi connectivity index (χ1) is 16.2. The second kappa shape index (κ2) is 8.02. The van der Waals surface area contributed by atoms with Gasteiger partial charge in [-0.1, -0.05) is 12.1 Å². The number of anilines is 2. The van der Waals surface area contributed by atoms with Crippen LogP contribution in [0, 0.1) is 5.82 Å². The molecule has 1 aromatic heterocycles. The summed E-state index contributed by atoms with van der Waals surface area (Å²) in [4.78, 5) is 15.9. The number of fused-ring (bicyclic) bond motifs is 1. The van der Waals surface area contributed by atoms with Crippen LogP contribution in [0.5, 0.6) is 5.75 Å². The lowest BCUT2D eigenvalue weighted by atomic mass is 10.0. The van der Waals surface area contributed by atoms with Crippen molar-refractivity contribution < 1.29 is 22.7 Å². The third-order valence-corrected chi connectivity index (χ3v) is 6.82. The van der Waals surface area contributed by atoms with Crippen molar-refractivity contribution in [2.24, 2.45) is 12.0 Å². The molecular weight excluding hydrogens is 465 g/mol. The van der Waals surface area contributed by atoms with Crippen molar-refractivity contribution >= 4 is 33.5 Å². The number of halogens is 1. The highest BCUT2D eigenvalue weighted by Crippen LogP contribution is 2.34. The van der Waals surface area contributed by atoms with Crippen molar-refractivity contribution in [2.75, 3.05) is 16.2 Å². The monoisotopic (exact) mass is 485 g/mol. The van der Waals surface area contributed by atoms with E-state index in [0.717, 1.165) is 28.4 Å². The zero-order valence-corrected chi connectivity index (χ0v) is 18.7. The van der Waals surface area contributed by atoms with Gasteiger partial charge in [0.25, 0.3) is 5.91 Å². The fraction of sp³-hybridized carbons (Fsp3) is 0.190. The molecule has 0 unspecified atom stereocenters. The van der Waals surface area contributed by atoms with Crippen LogP contribution >= 0.6 is 0 Å². The van der Waals surface area contributed by atoms with Gasteiger partial charge in [-0.25, -0.2) is 18.4 Å². The molecule has 5 rings (SSSR count). The van der Waals surface area contributed by atoms with Gasteiger partial charge in [0.2, 0.25) is 0 Å². The predicted molar refractivity (Wildman–Crippen MR) is 123 cm³/mol. The number of phenolic OH excluding ortho intramolecular Hbond substituents is 1. The fourth-order valence-electron chi connectivity index (χ4n) is 3.83. The summed E-state index contributed by atoms with van der Waals surface area (Å²) in [5.41, 5.74) is 3.64. The van der Waals surface area contributed by atoms with E-state index in [1.807, 2.05) is 31.4 Å². The Labute approximate surface area is 194 Å². The molecule has 4 N–H and O–H groups in total. The number of aromatic hydroxyl groups is 1. The highest BCUT2D eigenvalue weighted by atomic mass is 32.2. The Bertz CT molecular complexity index is 1430. The number of hydrogen-bond donors (Lipinski definition) is 4. The Hall–Kier alpha value is -4.13. The smallest absolute Gasteiger partial charge is 0.326 e. The molecule has 2 aliphatic rings. The van der Waals surface area contributed by atoms with E-state index in [-0.39, 0.29) is 6.54 Å². The molecule has 0 atom stereocenters. The van der Waals surface area contributed by atoms with E-state index in [0.29, 0.717) is 22.4 Å². The number of benzene rings is 2. The number of aliphatic imine (C=N–C) groups is 1. The molecule has 1 amide bonds. The maximum Gasteiger partial charge on any atom is 0.326 e. The van der Waals surface area contributed by atoms with Gasteiger partial charge in [-0.05, 0) is 34.9 Å². The molecule has 1 fully saturated rings. The van der Waals surface area contributed by atoms with E-state index < -0.39 is 39.9 Å². The average Bonchev–Trinajstić information content (AvgIpc) is 3.33. The van der Waals surface area contributed by atoms with Crippen molar-refractivity contribution in [3.8, 4) is 16.9 Å². The molecule has 34 heavy (non-hydrogen) atoms. The Morgan fingerprint density at radius 2 is 2.06 bits per heavy atom. The molecule has 3 heterocycles. The van der Waals surface area contributed by atoms with Crippen molar-refractivity contribution in [1.82, 2.24) is 19.8 Å². The Balaban J connectivity index is 1.30. The Morgan fingerprint density at radius 3 is 2.74 bits per heavy atom. The standard InChI is InChI=1S/C21H20FN7O4S/c1-28-10-15(9-25-28)13-2-3-14-8-24-21(26-17(14)6-13)23-7-12-4-16(22)20(18(30)5-12)29-11-19(31)27-34(29,32)33/h2-6,9-10,30H,7-8,11H2,1H3,(H,27,31)(H2,23,24,26). The first-order valence-corrected chi connectivity index (χ1v) is 11.7. The zero-order chi connectivity index (χ0) is 24.0. The third-order valence-electron chi connectivity index (χ3n) is 5.44. The van der Waals surface area contributed by atoms with Gasteiger partial charge in [0.15, 0.2) is 11.8 Å². The molecule has 13 heteroatoms. The van der Waals surface area contributed by atoms with Gasteiger partial charge in [-0.3, -0.25) is 9.48 Å². The molecule has 11 nitrogen and oxygen atoms in total. The van der Waals surface area contributed by atoms with Gasteiger partial charge in [0, 0.05) is 31.0 Å². The number of nitrogens with zero attached hydrogens (tertiary/aromatic N) is 4. The number of hydrogen-bond acceptors (Lipinski definition) is 8. The van der Waals surface area contributed by atoms with Crippen molar-refractivity contribution in [3.05, 3.63) is 59.7 Å². The number of carbonyl (C=O) groups excluding carboxylic acids is 1. The summed E-state index contributed by atoms with van der Waals surface area (Å²) in [5, 5.41) is 20.7. The summed E-state index contributed by atoms with van der Waals surface area (Å²) in [5.74, 6) is -1.90. The maximum atomic E-state index is 14.7.